The van der Waals surface area contributed by atoms with Crippen LogP contribution in [0.15, 0.2) is 30.6 Å². The van der Waals surface area contributed by atoms with Crippen LogP contribution in [0.25, 0.3) is 5.78 Å². The van der Waals surface area contributed by atoms with Crippen LogP contribution in [-0.2, 0) is 16.0 Å². The number of carbonyl (C=O) groups excluding carboxylic acids is 2. The summed E-state index contributed by atoms with van der Waals surface area (Å²) in [6, 6.07) is 7.38. The summed E-state index contributed by atoms with van der Waals surface area (Å²) in [5.41, 5.74) is 4.63. The fourth-order valence-electron chi connectivity index (χ4n) is 4.68. The average Bonchev–Trinajstić information content (AvgIpc) is 3.54. The van der Waals surface area contributed by atoms with E-state index in [1.807, 2.05) is 32.0 Å². The molecule has 2 amide bonds. The number of carbonyl (C=O) groups is 2. The standard InChI is InChI=1S/C26H35N7O2/c1-4-5-11-23(25(35)30-20-9-8-10-21(16-20)32-14-6-7-15-32)31-24(34)13-12-22-18(2)29-26-27-17-28-33(26)19(22)3/h8-10,16-17,23H,4-7,11-15H2,1-3H3,(H,30,35)(H,31,34). The lowest BCUT2D eigenvalue weighted by atomic mass is 10.1. The Morgan fingerprint density at radius 2 is 1.97 bits per heavy atom. The minimum atomic E-state index is -0.573. The van der Waals surface area contributed by atoms with E-state index in [9.17, 15) is 9.59 Å². The van der Waals surface area contributed by atoms with E-state index in [0.717, 1.165) is 54.3 Å². The second-order valence-electron chi connectivity index (χ2n) is 9.23. The summed E-state index contributed by atoms with van der Waals surface area (Å²) in [7, 11) is 0. The van der Waals surface area contributed by atoms with Crippen LogP contribution in [0.1, 0.15) is 62.4 Å². The van der Waals surface area contributed by atoms with Gasteiger partial charge in [-0.05, 0) is 63.3 Å². The van der Waals surface area contributed by atoms with E-state index in [-0.39, 0.29) is 18.2 Å². The van der Waals surface area contributed by atoms with Gasteiger partial charge >= 0.3 is 0 Å². The molecule has 1 saturated heterocycles. The number of aryl methyl sites for hydroxylation is 2. The largest absolute Gasteiger partial charge is 0.371 e. The number of fused-ring (bicyclic) bond motifs is 1. The first-order valence-corrected chi connectivity index (χ1v) is 12.6. The molecule has 9 nitrogen and oxygen atoms in total. The maximum atomic E-state index is 13.1. The smallest absolute Gasteiger partial charge is 0.252 e. The number of aromatic nitrogens is 4. The van der Waals surface area contributed by atoms with Crippen LogP contribution in [0.2, 0.25) is 0 Å². The quantitative estimate of drug-likeness (QED) is 0.462. The highest BCUT2D eigenvalue weighted by atomic mass is 16.2. The van der Waals surface area contributed by atoms with Crippen molar-refractivity contribution in [1.29, 1.82) is 0 Å². The van der Waals surface area contributed by atoms with Crippen molar-refractivity contribution in [2.45, 2.75) is 71.8 Å². The van der Waals surface area contributed by atoms with Crippen molar-refractivity contribution < 1.29 is 9.59 Å². The monoisotopic (exact) mass is 477 g/mol. The highest BCUT2D eigenvalue weighted by Crippen LogP contribution is 2.23. The fraction of sp³-hybridized carbons (Fsp3) is 0.500. The van der Waals surface area contributed by atoms with Gasteiger partial charge in [-0.3, -0.25) is 9.59 Å². The van der Waals surface area contributed by atoms with Crippen LogP contribution in [0.5, 0.6) is 0 Å². The van der Waals surface area contributed by atoms with Crippen LogP contribution in [-0.4, -0.2) is 50.5 Å². The zero-order chi connectivity index (χ0) is 24.8. The van der Waals surface area contributed by atoms with Gasteiger partial charge in [-0.25, -0.2) is 9.50 Å². The van der Waals surface area contributed by atoms with Crippen molar-refractivity contribution in [3.63, 3.8) is 0 Å². The van der Waals surface area contributed by atoms with Gasteiger partial charge in [0, 0.05) is 42.3 Å². The number of anilines is 2. The molecule has 1 unspecified atom stereocenters. The lowest BCUT2D eigenvalue weighted by Crippen LogP contribution is -2.44. The van der Waals surface area contributed by atoms with E-state index in [1.165, 1.54) is 19.2 Å². The Balaban J connectivity index is 1.39. The predicted molar refractivity (Wildman–Crippen MR) is 137 cm³/mol. The molecular formula is C26H35N7O2. The number of unbranched alkanes of at least 4 members (excludes halogenated alkanes) is 1. The van der Waals surface area contributed by atoms with Gasteiger partial charge in [0.25, 0.3) is 5.78 Å². The number of amides is 2. The third kappa shape index (κ3) is 5.96. The number of nitrogens with one attached hydrogen (secondary N) is 2. The summed E-state index contributed by atoms with van der Waals surface area (Å²) < 4.78 is 1.69. The fourth-order valence-corrected chi connectivity index (χ4v) is 4.68. The van der Waals surface area contributed by atoms with Gasteiger partial charge in [0.1, 0.15) is 12.4 Å². The van der Waals surface area contributed by atoms with Gasteiger partial charge in [-0.2, -0.15) is 10.1 Å². The van der Waals surface area contributed by atoms with Crippen molar-refractivity contribution in [2.75, 3.05) is 23.3 Å². The second kappa shape index (κ2) is 11.3. The molecule has 1 aliphatic rings. The third-order valence-electron chi connectivity index (χ3n) is 6.67. The molecule has 0 radical (unpaired) electrons. The predicted octanol–water partition coefficient (Wildman–Crippen LogP) is 3.59. The van der Waals surface area contributed by atoms with Crippen molar-refractivity contribution >= 4 is 29.0 Å². The Kier molecular flexibility index (Phi) is 7.94. The molecule has 2 aromatic heterocycles. The van der Waals surface area contributed by atoms with Crippen LogP contribution >= 0.6 is 0 Å². The second-order valence-corrected chi connectivity index (χ2v) is 9.23. The molecule has 1 fully saturated rings. The highest BCUT2D eigenvalue weighted by molar-refractivity contribution is 5.97. The Bertz CT molecular complexity index is 1180. The number of hydrogen-bond donors (Lipinski definition) is 2. The molecule has 1 atom stereocenters. The first-order valence-electron chi connectivity index (χ1n) is 12.6. The van der Waals surface area contributed by atoms with E-state index < -0.39 is 6.04 Å². The van der Waals surface area contributed by atoms with Gasteiger partial charge in [-0.15, -0.1) is 0 Å². The van der Waals surface area contributed by atoms with Gasteiger partial charge in [0.05, 0.1) is 0 Å². The molecule has 2 N–H and O–H groups in total. The van der Waals surface area contributed by atoms with E-state index >= 15 is 0 Å². The summed E-state index contributed by atoms with van der Waals surface area (Å²) in [4.78, 5) is 36.9. The van der Waals surface area contributed by atoms with Crippen LogP contribution in [0.4, 0.5) is 11.4 Å². The summed E-state index contributed by atoms with van der Waals surface area (Å²) in [5.74, 6) is 0.228. The number of benzene rings is 1. The molecule has 186 valence electrons. The molecule has 9 heteroatoms. The topological polar surface area (TPSA) is 105 Å². The van der Waals surface area contributed by atoms with E-state index in [0.29, 0.717) is 18.6 Å². The van der Waals surface area contributed by atoms with Gasteiger partial charge in [0.15, 0.2) is 0 Å². The Morgan fingerprint density at radius 3 is 2.74 bits per heavy atom. The molecular weight excluding hydrogens is 442 g/mol. The Hall–Kier alpha value is -3.49. The van der Waals surface area contributed by atoms with E-state index in [4.69, 9.17) is 0 Å². The first-order chi connectivity index (χ1) is 17.0. The Labute approximate surface area is 206 Å². The molecule has 1 aliphatic heterocycles. The molecule has 1 aromatic carbocycles. The highest BCUT2D eigenvalue weighted by Gasteiger charge is 2.22. The minimum absolute atomic E-state index is 0.149. The van der Waals surface area contributed by atoms with Crippen molar-refractivity contribution in [3.8, 4) is 0 Å². The molecule has 35 heavy (non-hydrogen) atoms. The Morgan fingerprint density at radius 1 is 1.17 bits per heavy atom. The number of rotatable bonds is 10. The minimum Gasteiger partial charge on any atom is -0.371 e. The van der Waals surface area contributed by atoms with Gasteiger partial charge < -0.3 is 15.5 Å². The molecule has 0 aliphatic carbocycles. The van der Waals surface area contributed by atoms with Crippen LogP contribution in [0, 0.1) is 13.8 Å². The third-order valence-corrected chi connectivity index (χ3v) is 6.67. The molecule has 0 bridgehead atoms. The van der Waals surface area contributed by atoms with Crippen molar-refractivity contribution in [1.82, 2.24) is 24.9 Å². The van der Waals surface area contributed by atoms with Crippen molar-refractivity contribution in [3.05, 3.63) is 47.5 Å². The molecule has 3 heterocycles. The lowest BCUT2D eigenvalue weighted by Gasteiger charge is -2.21. The van der Waals surface area contributed by atoms with Crippen molar-refractivity contribution in [2.24, 2.45) is 0 Å². The van der Waals surface area contributed by atoms with Gasteiger partial charge in [-0.1, -0.05) is 25.8 Å². The summed E-state index contributed by atoms with van der Waals surface area (Å²) in [6.45, 7) is 8.05. The maximum Gasteiger partial charge on any atom is 0.252 e. The van der Waals surface area contributed by atoms with Crippen LogP contribution < -0.4 is 15.5 Å². The zero-order valence-corrected chi connectivity index (χ0v) is 20.9. The molecule has 4 rings (SSSR count). The number of nitrogens with zero attached hydrogens (tertiary/aromatic N) is 5. The first kappa shape index (κ1) is 24.6. The summed E-state index contributed by atoms with van der Waals surface area (Å²) in [6.07, 6.45) is 7.07. The molecule has 0 spiro atoms. The van der Waals surface area contributed by atoms with Gasteiger partial charge in [0.2, 0.25) is 11.8 Å². The summed E-state index contributed by atoms with van der Waals surface area (Å²) in [5, 5.41) is 10.2. The normalized spacial score (nSPS) is 14.3. The van der Waals surface area contributed by atoms with Crippen LogP contribution in [0.3, 0.4) is 0 Å². The average molecular weight is 478 g/mol. The lowest BCUT2D eigenvalue weighted by molar-refractivity contribution is -0.126. The molecule has 0 saturated carbocycles. The number of hydrogen-bond acceptors (Lipinski definition) is 6. The maximum absolute atomic E-state index is 13.1. The SMILES string of the molecule is CCCCC(NC(=O)CCc1c(C)nc2ncnn2c1C)C(=O)Nc1cccc(N2CCCC2)c1. The zero-order valence-electron chi connectivity index (χ0n) is 20.9. The van der Waals surface area contributed by atoms with E-state index in [2.05, 4.69) is 43.6 Å². The summed E-state index contributed by atoms with van der Waals surface area (Å²) >= 11 is 0. The molecule has 3 aromatic rings. The van der Waals surface area contributed by atoms with E-state index in [1.54, 1.807) is 4.52 Å².